The number of ether oxygens (including phenoxy) is 1. The number of hydrogen-bond acceptors (Lipinski definition) is 5. The average Bonchev–Trinajstić information content (AvgIpc) is 3.27. The lowest BCUT2D eigenvalue weighted by Gasteiger charge is -2.07. The van der Waals surface area contributed by atoms with E-state index in [2.05, 4.69) is 15.4 Å². The van der Waals surface area contributed by atoms with Crippen molar-refractivity contribution in [2.45, 2.75) is 13.5 Å². The topological polar surface area (TPSA) is 69.0 Å². The Balaban J connectivity index is 1.62. The third-order valence-electron chi connectivity index (χ3n) is 5.05. The number of anilines is 1. The molecule has 0 aliphatic rings. The van der Waals surface area contributed by atoms with Gasteiger partial charge in [0.1, 0.15) is 5.75 Å². The van der Waals surface area contributed by atoms with Crippen LogP contribution in [0.3, 0.4) is 0 Å². The summed E-state index contributed by atoms with van der Waals surface area (Å²) in [6, 6.07) is 22.8. The molecule has 0 spiro atoms. The van der Waals surface area contributed by atoms with E-state index in [0.29, 0.717) is 23.3 Å². The number of methoxy groups -OCH3 is 1. The van der Waals surface area contributed by atoms with Crippen LogP contribution >= 0.6 is 11.6 Å². The number of allylic oxidation sites excluding steroid dienone is 1. The average molecular weight is 459 g/mol. The Morgan fingerprint density at radius 3 is 2.48 bits per heavy atom. The SMILES string of the molecule is COc1ccc(CNc2nc(-c3ccc(C)cc3)nn2C(=O)C=Cc2ccccc2Cl)cc1. The van der Waals surface area contributed by atoms with Gasteiger partial charge in [0.05, 0.1) is 7.11 Å². The molecular weight excluding hydrogens is 436 g/mol. The van der Waals surface area contributed by atoms with E-state index in [1.807, 2.05) is 73.7 Å². The number of nitrogens with zero attached hydrogens (tertiary/aromatic N) is 3. The first-order chi connectivity index (χ1) is 16.0. The van der Waals surface area contributed by atoms with Crippen molar-refractivity contribution in [1.82, 2.24) is 14.8 Å². The third-order valence-corrected chi connectivity index (χ3v) is 5.39. The Bertz CT molecular complexity index is 1280. The van der Waals surface area contributed by atoms with Crippen LogP contribution in [0.5, 0.6) is 5.75 Å². The third kappa shape index (κ3) is 5.48. The Hall–Kier alpha value is -3.90. The molecule has 7 heteroatoms. The molecule has 0 amide bonds. The van der Waals surface area contributed by atoms with Gasteiger partial charge in [-0.05, 0) is 42.3 Å². The minimum atomic E-state index is -0.335. The largest absolute Gasteiger partial charge is 0.497 e. The van der Waals surface area contributed by atoms with Crippen LogP contribution in [-0.4, -0.2) is 27.8 Å². The molecule has 4 aromatic rings. The number of carbonyl (C=O) groups excluding carboxylic acids is 1. The van der Waals surface area contributed by atoms with Crippen molar-refractivity contribution < 1.29 is 9.53 Å². The number of rotatable bonds is 7. The van der Waals surface area contributed by atoms with Crippen LogP contribution in [0.1, 0.15) is 21.5 Å². The highest BCUT2D eigenvalue weighted by Gasteiger charge is 2.16. The fourth-order valence-corrected chi connectivity index (χ4v) is 3.37. The number of hydrogen-bond donors (Lipinski definition) is 1. The zero-order valence-electron chi connectivity index (χ0n) is 18.3. The van der Waals surface area contributed by atoms with Crippen LogP contribution in [0, 0.1) is 6.92 Å². The lowest BCUT2D eigenvalue weighted by atomic mass is 10.1. The molecule has 1 N–H and O–H groups in total. The standard InChI is InChI=1S/C26H23ClN4O2/c1-18-7-11-21(12-8-18)25-29-26(28-17-19-9-14-22(33-2)15-10-19)31(30-25)24(32)16-13-20-5-3-4-6-23(20)27/h3-16H,17H2,1-2H3,(H,28,29,30). The van der Waals surface area contributed by atoms with Gasteiger partial charge in [-0.2, -0.15) is 9.67 Å². The normalized spacial score (nSPS) is 11.0. The number of nitrogens with one attached hydrogen (secondary N) is 1. The van der Waals surface area contributed by atoms with Crippen LogP contribution in [0.15, 0.2) is 78.9 Å². The molecule has 0 saturated carbocycles. The first-order valence-corrected chi connectivity index (χ1v) is 10.8. The summed E-state index contributed by atoms with van der Waals surface area (Å²) in [5.41, 5.74) is 3.73. The molecule has 0 aliphatic carbocycles. The van der Waals surface area contributed by atoms with Crippen LogP contribution < -0.4 is 10.1 Å². The highest BCUT2D eigenvalue weighted by atomic mass is 35.5. The second kappa shape index (κ2) is 10.1. The molecule has 166 valence electrons. The van der Waals surface area contributed by atoms with Crippen LogP contribution in [0.25, 0.3) is 17.5 Å². The maximum absolute atomic E-state index is 13.0. The van der Waals surface area contributed by atoms with E-state index in [1.54, 1.807) is 19.3 Å². The lowest BCUT2D eigenvalue weighted by Crippen LogP contribution is -2.14. The van der Waals surface area contributed by atoms with E-state index in [-0.39, 0.29) is 5.91 Å². The minimum Gasteiger partial charge on any atom is -0.497 e. The first kappa shape index (κ1) is 22.3. The number of benzene rings is 3. The van der Waals surface area contributed by atoms with Crippen LogP contribution in [0.4, 0.5) is 5.95 Å². The predicted molar refractivity (Wildman–Crippen MR) is 132 cm³/mol. The van der Waals surface area contributed by atoms with Gasteiger partial charge in [0.15, 0.2) is 5.82 Å². The molecule has 6 nitrogen and oxygen atoms in total. The second-order valence-corrected chi connectivity index (χ2v) is 7.84. The quantitative estimate of drug-likeness (QED) is 0.350. The van der Waals surface area contributed by atoms with Gasteiger partial charge in [0.2, 0.25) is 5.95 Å². The Morgan fingerprint density at radius 2 is 1.79 bits per heavy atom. The summed E-state index contributed by atoms with van der Waals surface area (Å²) in [6.07, 6.45) is 3.11. The molecule has 0 unspecified atom stereocenters. The maximum Gasteiger partial charge on any atom is 0.274 e. The number of carbonyl (C=O) groups is 1. The maximum atomic E-state index is 13.0. The number of aryl methyl sites for hydroxylation is 1. The molecule has 33 heavy (non-hydrogen) atoms. The van der Waals surface area contributed by atoms with Gasteiger partial charge in [-0.3, -0.25) is 4.79 Å². The molecule has 1 heterocycles. The molecule has 0 fully saturated rings. The summed E-state index contributed by atoms with van der Waals surface area (Å²) in [4.78, 5) is 17.6. The Kier molecular flexibility index (Phi) is 6.86. The van der Waals surface area contributed by atoms with Crippen LogP contribution in [-0.2, 0) is 6.54 Å². The van der Waals surface area contributed by atoms with Crippen molar-refractivity contribution in [1.29, 1.82) is 0 Å². The lowest BCUT2D eigenvalue weighted by molar-refractivity contribution is 0.0957. The Labute approximate surface area is 197 Å². The zero-order chi connectivity index (χ0) is 23.2. The van der Waals surface area contributed by atoms with Crippen LogP contribution in [0.2, 0.25) is 5.02 Å². The summed E-state index contributed by atoms with van der Waals surface area (Å²) in [5, 5.41) is 8.27. The molecule has 4 rings (SSSR count). The predicted octanol–water partition coefficient (Wildman–Crippen LogP) is 5.88. The molecule has 0 radical (unpaired) electrons. The van der Waals surface area contributed by atoms with Gasteiger partial charge in [0, 0.05) is 23.2 Å². The fraction of sp³-hybridized carbons (Fsp3) is 0.115. The van der Waals surface area contributed by atoms with Gasteiger partial charge < -0.3 is 10.1 Å². The number of halogens is 1. The summed E-state index contributed by atoms with van der Waals surface area (Å²) >= 11 is 6.20. The van der Waals surface area contributed by atoms with Crippen molar-refractivity contribution in [3.8, 4) is 17.1 Å². The molecule has 0 atom stereocenters. The zero-order valence-corrected chi connectivity index (χ0v) is 19.1. The van der Waals surface area contributed by atoms with E-state index in [0.717, 1.165) is 28.0 Å². The van der Waals surface area contributed by atoms with Gasteiger partial charge in [0.25, 0.3) is 5.91 Å². The molecule has 0 aliphatic heterocycles. The van der Waals surface area contributed by atoms with E-state index >= 15 is 0 Å². The van der Waals surface area contributed by atoms with E-state index in [9.17, 15) is 4.79 Å². The van der Waals surface area contributed by atoms with Crippen molar-refractivity contribution in [3.63, 3.8) is 0 Å². The molecule has 0 bridgehead atoms. The molecular formula is C26H23ClN4O2. The monoisotopic (exact) mass is 458 g/mol. The highest BCUT2D eigenvalue weighted by Crippen LogP contribution is 2.21. The van der Waals surface area contributed by atoms with Crippen molar-refractivity contribution in [2.24, 2.45) is 0 Å². The van der Waals surface area contributed by atoms with E-state index < -0.39 is 0 Å². The van der Waals surface area contributed by atoms with Gasteiger partial charge in [-0.1, -0.05) is 71.8 Å². The highest BCUT2D eigenvalue weighted by molar-refractivity contribution is 6.32. The van der Waals surface area contributed by atoms with E-state index in [4.69, 9.17) is 16.3 Å². The summed E-state index contributed by atoms with van der Waals surface area (Å²) in [5.74, 6) is 1.27. The minimum absolute atomic E-state index is 0.335. The Morgan fingerprint density at radius 1 is 1.06 bits per heavy atom. The van der Waals surface area contributed by atoms with Crippen molar-refractivity contribution >= 4 is 29.5 Å². The van der Waals surface area contributed by atoms with Crippen molar-refractivity contribution in [2.75, 3.05) is 12.4 Å². The summed E-state index contributed by atoms with van der Waals surface area (Å²) in [6.45, 7) is 2.48. The summed E-state index contributed by atoms with van der Waals surface area (Å²) < 4.78 is 6.48. The van der Waals surface area contributed by atoms with Crippen molar-refractivity contribution in [3.05, 3.63) is 101 Å². The fourth-order valence-electron chi connectivity index (χ4n) is 3.17. The summed E-state index contributed by atoms with van der Waals surface area (Å²) in [7, 11) is 1.63. The second-order valence-electron chi connectivity index (χ2n) is 7.43. The van der Waals surface area contributed by atoms with Gasteiger partial charge >= 0.3 is 0 Å². The van der Waals surface area contributed by atoms with Gasteiger partial charge in [-0.25, -0.2) is 0 Å². The van der Waals surface area contributed by atoms with E-state index in [1.165, 1.54) is 10.8 Å². The molecule has 0 saturated heterocycles. The molecule has 1 aromatic heterocycles. The van der Waals surface area contributed by atoms with Gasteiger partial charge in [-0.15, -0.1) is 5.10 Å². The first-order valence-electron chi connectivity index (χ1n) is 10.4. The smallest absolute Gasteiger partial charge is 0.274 e. The number of aromatic nitrogens is 3. The molecule has 3 aromatic carbocycles.